The molecule has 0 aromatic heterocycles. The van der Waals surface area contributed by atoms with Crippen LogP contribution in [0.5, 0.6) is 0 Å². The van der Waals surface area contributed by atoms with Crippen LogP contribution in [-0.4, -0.2) is 70.2 Å². The van der Waals surface area contributed by atoms with Gasteiger partial charge in [0.25, 0.3) is 0 Å². The van der Waals surface area contributed by atoms with Crippen molar-refractivity contribution in [2.75, 3.05) is 13.2 Å². The first-order chi connectivity index (χ1) is 8.95. The molecule has 0 rings (SSSR count). The van der Waals surface area contributed by atoms with Gasteiger partial charge in [0, 0.05) is 11.5 Å². The van der Waals surface area contributed by atoms with E-state index in [1.165, 1.54) is 0 Å². The average Bonchev–Trinajstić information content (AvgIpc) is 2.43. The van der Waals surface area contributed by atoms with Gasteiger partial charge in [-0.3, -0.25) is 0 Å². The molecule has 4 atom stereocenters. The minimum absolute atomic E-state index is 0.0498. The normalized spacial score (nSPS) is 16.6. The number of aliphatic hydroxyl groups is 4. The number of aldehydes is 1. The van der Waals surface area contributed by atoms with Crippen LogP contribution in [0.4, 0.5) is 0 Å². The molecule has 0 radical (unpaired) electrons. The summed E-state index contributed by atoms with van der Waals surface area (Å²) in [6, 6.07) is 0. The Bertz CT molecular complexity index is 345. The maximum atomic E-state index is 11.2. The van der Waals surface area contributed by atoms with E-state index in [1.807, 2.05) is 0 Å². The highest BCUT2D eigenvalue weighted by Crippen LogP contribution is 2.06. The van der Waals surface area contributed by atoms with Crippen LogP contribution in [0, 0.1) is 0 Å². The van der Waals surface area contributed by atoms with Gasteiger partial charge in [0.05, 0.1) is 6.61 Å². The molecule has 0 aromatic carbocycles. The molecule has 4 N–H and O–H groups in total. The molecule has 0 fully saturated rings. The lowest BCUT2D eigenvalue weighted by molar-refractivity contribution is -0.169. The molecule has 10 nitrogen and oxygen atoms in total. The van der Waals surface area contributed by atoms with Gasteiger partial charge < -0.3 is 30.0 Å². The number of ether oxygens (including phenoxy) is 1. The fourth-order valence-corrected chi connectivity index (χ4v) is 1.05. The molecular formula is C9H15N3O7. The molecule has 0 spiro atoms. The molecule has 0 amide bonds. The van der Waals surface area contributed by atoms with Crippen LogP contribution < -0.4 is 0 Å². The third-order valence-corrected chi connectivity index (χ3v) is 2.11. The smallest absolute Gasteiger partial charge is 0.337 e. The number of azide groups is 1. The molecule has 0 bridgehead atoms. The van der Waals surface area contributed by atoms with Gasteiger partial charge in [0.2, 0.25) is 0 Å². The lowest BCUT2D eigenvalue weighted by atomic mass is 10.0. The first-order valence-corrected chi connectivity index (χ1v) is 5.30. The summed E-state index contributed by atoms with van der Waals surface area (Å²) in [6.45, 7) is -0.0666. The largest absolute Gasteiger partial charge is 0.464 e. The van der Waals surface area contributed by atoms with Crippen LogP contribution in [0.1, 0.15) is 6.42 Å². The van der Waals surface area contributed by atoms with Gasteiger partial charge in [-0.25, -0.2) is 4.79 Å². The van der Waals surface area contributed by atoms with E-state index in [9.17, 15) is 24.9 Å². The molecule has 0 saturated heterocycles. The summed E-state index contributed by atoms with van der Waals surface area (Å²) in [5.41, 5.74) is 7.97. The SMILES string of the molecule is [N-]=[N+]=NCCCOC(=O)[C@@H](O)[C@@H](O)[C@H](O)[C@@H](O)C=O. The summed E-state index contributed by atoms with van der Waals surface area (Å²) in [5.74, 6) is -1.23. The number of hydrogen-bond acceptors (Lipinski definition) is 8. The van der Waals surface area contributed by atoms with E-state index in [1.54, 1.807) is 0 Å². The van der Waals surface area contributed by atoms with E-state index in [2.05, 4.69) is 14.8 Å². The number of hydrogen-bond donors (Lipinski definition) is 4. The minimum atomic E-state index is -2.11. The lowest BCUT2D eigenvalue weighted by Gasteiger charge is -2.22. The van der Waals surface area contributed by atoms with E-state index in [4.69, 9.17) is 10.6 Å². The Kier molecular flexibility index (Phi) is 8.42. The molecular weight excluding hydrogens is 262 g/mol. The molecule has 0 aliphatic rings. The lowest BCUT2D eigenvalue weighted by Crippen LogP contribution is -2.48. The summed E-state index contributed by atoms with van der Waals surface area (Å²) in [7, 11) is 0. The van der Waals surface area contributed by atoms with Gasteiger partial charge >= 0.3 is 5.97 Å². The second kappa shape index (κ2) is 9.25. The third kappa shape index (κ3) is 6.13. The van der Waals surface area contributed by atoms with Crippen LogP contribution in [0.3, 0.4) is 0 Å². The first kappa shape index (κ1) is 17.3. The maximum Gasteiger partial charge on any atom is 0.337 e. The minimum Gasteiger partial charge on any atom is -0.464 e. The summed E-state index contributed by atoms with van der Waals surface area (Å²) >= 11 is 0. The van der Waals surface area contributed by atoms with Gasteiger partial charge in [-0.2, -0.15) is 0 Å². The summed E-state index contributed by atoms with van der Waals surface area (Å²) in [6.07, 6.45) is -7.94. The van der Waals surface area contributed by atoms with Crippen molar-refractivity contribution in [1.29, 1.82) is 0 Å². The zero-order chi connectivity index (χ0) is 14.8. The highest BCUT2D eigenvalue weighted by molar-refractivity contribution is 5.75. The maximum absolute atomic E-state index is 11.2. The molecule has 0 saturated carbocycles. The van der Waals surface area contributed by atoms with Crippen molar-refractivity contribution in [2.24, 2.45) is 5.11 Å². The van der Waals surface area contributed by atoms with Crippen molar-refractivity contribution in [1.82, 2.24) is 0 Å². The number of rotatable bonds is 9. The third-order valence-electron chi connectivity index (χ3n) is 2.11. The van der Waals surface area contributed by atoms with Crippen LogP contribution >= 0.6 is 0 Å². The summed E-state index contributed by atoms with van der Waals surface area (Å²) in [5, 5.41) is 39.9. The Morgan fingerprint density at radius 2 is 1.95 bits per heavy atom. The zero-order valence-corrected chi connectivity index (χ0v) is 9.86. The van der Waals surface area contributed by atoms with E-state index in [0.29, 0.717) is 0 Å². The quantitative estimate of drug-likeness (QED) is 0.0929. The summed E-state index contributed by atoms with van der Waals surface area (Å²) < 4.78 is 4.52. The van der Waals surface area contributed by atoms with Gasteiger partial charge in [-0.15, -0.1) is 0 Å². The van der Waals surface area contributed by atoms with Crippen LogP contribution in [0.15, 0.2) is 5.11 Å². The number of nitrogens with zero attached hydrogens (tertiary/aromatic N) is 3. The molecule has 0 aliphatic carbocycles. The Labute approximate surface area is 107 Å². The predicted molar refractivity (Wildman–Crippen MR) is 59.7 cm³/mol. The topological polar surface area (TPSA) is 173 Å². The van der Waals surface area contributed by atoms with Crippen LogP contribution in [-0.2, 0) is 14.3 Å². The molecule has 0 unspecified atom stereocenters. The predicted octanol–water partition coefficient (Wildman–Crippen LogP) is -2.13. The summed E-state index contributed by atoms with van der Waals surface area (Å²) in [4.78, 5) is 23.8. The molecule has 10 heteroatoms. The second-order valence-corrected chi connectivity index (χ2v) is 3.53. The second-order valence-electron chi connectivity index (χ2n) is 3.53. The van der Waals surface area contributed by atoms with Gasteiger partial charge in [-0.05, 0) is 12.0 Å². The van der Waals surface area contributed by atoms with E-state index in [-0.39, 0.29) is 25.9 Å². The van der Waals surface area contributed by atoms with Gasteiger partial charge in [0.15, 0.2) is 12.4 Å². The van der Waals surface area contributed by atoms with Gasteiger partial charge in [0.1, 0.15) is 18.3 Å². The molecule has 0 aliphatic heterocycles. The van der Waals surface area contributed by atoms with Crippen molar-refractivity contribution >= 4 is 12.3 Å². The Balaban J connectivity index is 4.16. The number of aliphatic hydroxyl groups excluding tert-OH is 4. The fourth-order valence-electron chi connectivity index (χ4n) is 1.05. The first-order valence-electron chi connectivity index (χ1n) is 5.30. The van der Waals surface area contributed by atoms with Gasteiger partial charge in [-0.1, -0.05) is 5.11 Å². The van der Waals surface area contributed by atoms with Crippen molar-refractivity contribution in [3.63, 3.8) is 0 Å². The standard InChI is InChI=1S/C9H15N3O7/c10-12-11-2-1-3-19-9(18)8(17)7(16)6(15)5(14)4-13/h4-8,14-17H,1-3H2/t5-,6+,7-,8-/m0/s1. The monoisotopic (exact) mass is 277 g/mol. The molecule has 0 heterocycles. The van der Waals surface area contributed by atoms with E-state index in [0.717, 1.165) is 0 Å². The fraction of sp³-hybridized carbons (Fsp3) is 0.778. The number of esters is 1. The van der Waals surface area contributed by atoms with Crippen molar-refractivity contribution in [3.8, 4) is 0 Å². The van der Waals surface area contributed by atoms with Crippen molar-refractivity contribution < 1.29 is 34.8 Å². The average molecular weight is 277 g/mol. The zero-order valence-electron chi connectivity index (χ0n) is 9.86. The molecule has 108 valence electrons. The number of carbonyl (C=O) groups excluding carboxylic acids is 2. The van der Waals surface area contributed by atoms with E-state index < -0.39 is 30.4 Å². The number of carbonyl (C=O) groups is 2. The van der Waals surface area contributed by atoms with E-state index >= 15 is 0 Å². The molecule has 19 heavy (non-hydrogen) atoms. The Morgan fingerprint density at radius 1 is 1.32 bits per heavy atom. The van der Waals surface area contributed by atoms with Crippen LogP contribution in [0.25, 0.3) is 10.4 Å². The highest BCUT2D eigenvalue weighted by Gasteiger charge is 2.35. The Morgan fingerprint density at radius 3 is 2.47 bits per heavy atom. The van der Waals surface area contributed by atoms with Crippen LogP contribution in [0.2, 0.25) is 0 Å². The molecule has 0 aromatic rings. The van der Waals surface area contributed by atoms with Crippen molar-refractivity contribution in [2.45, 2.75) is 30.8 Å². The Hall–Kier alpha value is -1.71. The van der Waals surface area contributed by atoms with Crippen molar-refractivity contribution in [3.05, 3.63) is 10.4 Å². The highest BCUT2D eigenvalue weighted by atomic mass is 16.5.